The molecule has 1 fully saturated rings. The maximum Gasteiger partial charge on any atom is 0.410 e. The Morgan fingerprint density at radius 2 is 2.16 bits per heavy atom. The van der Waals surface area contributed by atoms with Gasteiger partial charge in [0, 0.05) is 12.3 Å². The number of rotatable bonds is 4. The third-order valence-electron chi connectivity index (χ3n) is 2.17. The maximum absolute atomic E-state index is 13.5. The monoisotopic (exact) mass is 275 g/mol. The van der Waals surface area contributed by atoms with Gasteiger partial charge >= 0.3 is 6.09 Å². The number of hydrogen-bond acceptors (Lipinski definition) is 4. The fourth-order valence-corrected chi connectivity index (χ4v) is 1.22. The highest BCUT2D eigenvalue weighted by Crippen LogP contribution is 2.45. The summed E-state index contributed by atoms with van der Waals surface area (Å²) in [6, 6.07) is 0. The van der Waals surface area contributed by atoms with Crippen LogP contribution in [-0.2, 0) is 14.3 Å². The van der Waals surface area contributed by atoms with Crippen LogP contribution in [0.25, 0.3) is 0 Å². The molecule has 2 atom stereocenters. The summed E-state index contributed by atoms with van der Waals surface area (Å²) >= 11 is 0. The van der Waals surface area contributed by atoms with Crippen molar-refractivity contribution in [2.75, 3.05) is 6.61 Å². The van der Waals surface area contributed by atoms with Crippen molar-refractivity contribution in [3.05, 3.63) is 12.7 Å². The molecule has 0 unspecified atom stereocenters. The Morgan fingerprint density at radius 3 is 2.42 bits per heavy atom. The van der Waals surface area contributed by atoms with Crippen molar-refractivity contribution in [3.63, 3.8) is 0 Å². The molecule has 19 heavy (non-hydrogen) atoms. The first kappa shape index (κ1) is 17.4. The molecule has 0 radical (unpaired) electrons. The van der Waals surface area contributed by atoms with Crippen LogP contribution in [0.4, 0.5) is 9.18 Å². The molecule has 1 N–H and O–H groups in total. The zero-order valence-electron chi connectivity index (χ0n) is 11.9. The van der Waals surface area contributed by atoms with E-state index in [4.69, 9.17) is 4.74 Å². The molecule has 0 saturated heterocycles. The fraction of sp³-hybridized carbons (Fsp3) is 0.692. The van der Waals surface area contributed by atoms with Gasteiger partial charge in [0.2, 0.25) is 0 Å². The van der Waals surface area contributed by atoms with E-state index in [1.165, 1.54) is 6.08 Å². The molecule has 0 heterocycles. The summed E-state index contributed by atoms with van der Waals surface area (Å²) in [4.78, 5) is 20.4. The molecule has 5 nitrogen and oxygen atoms in total. The van der Waals surface area contributed by atoms with Crippen LogP contribution in [0.15, 0.2) is 12.7 Å². The summed E-state index contributed by atoms with van der Waals surface area (Å²) in [5.41, 5.74) is -0.598. The molecule has 0 spiro atoms. The molecule has 1 aliphatic carbocycles. The number of ether oxygens (including phenoxy) is 2. The van der Waals surface area contributed by atoms with Crippen LogP contribution in [0.3, 0.4) is 0 Å². The molecule has 0 aromatic heterocycles. The zero-order chi connectivity index (χ0) is 15.1. The van der Waals surface area contributed by atoms with Crippen molar-refractivity contribution in [3.8, 4) is 0 Å². The number of amides is 1. The third-order valence-corrected chi connectivity index (χ3v) is 2.17. The topological polar surface area (TPSA) is 64.6 Å². The molecular formula is C13H22FNO4. The number of carbonyl (C=O) groups is 2. The summed E-state index contributed by atoms with van der Waals surface area (Å²) < 4.78 is 22.6. The molecule has 0 aromatic rings. The second kappa shape index (κ2) is 7.11. The molecular weight excluding hydrogens is 253 g/mol. The molecule has 6 heteroatoms. The lowest BCUT2D eigenvalue weighted by molar-refractivity contribution is -0.128. The van der Waals surface area contributed by atoms with E-state index in [9.17, 15) is 14.0 Å². The van der Waals surface area contributed by atoms with Crippen LogP contribution >= 0.6 is 0 Å². The Labute approximate surface area is 113 Å². The van der Waals surface area contributed by atoms with Gasteiger partial charge in [0.15, 0.2) is 5.79 Å². The predicted octanol–water partition coefficient (Wildman–Crippen LogP) is 2.56. The van der Waals surface area contributed by atoms with E-state index in [1.54, 1.807) is 27.7 Å². The van der Waals surface area contributed by atoms with E-state index in [0.29, 0.717) is 13.1 Å². The second-order valence-electron chi connectivity index (χ2n) is 5.09. The van der Waals surface area contributed by atoms with E-state index in [-0.39, 0.29) is 12.3 Å². The minimum Gasteiger partial charge on any atom is -0.468 e. The first-order valence-electron chi connectivity index (χ1n) is 6.06. The highest BCUT2D eigenvalue weighted by atomic mass is 19.1. The number of halogens is 1. The number of alkyl carbamates (subject to hydrolysis) is 1. The molecule has 1 rings (SSSR count). The standard InChI is InChI=1S/C10H16FNO2.C3H6O2/c1-5-7-6-10(7,11)12-8(13)14-9(2,3)4;1-2-5-3-4/h5,7H,1,6H2,2-4H3,(H,12,13);3H,2H2,1H3/t7-,10-;/m1./s1. The zero-order valence-corrected chi connectivity index (χ0v) is 11.9. The smallest absolute Gasteiger partial charge is 0.410 e. The average molecular weight is 275 g/mol. The second-order valence-corrected chi connectivity index (χ2v) is 5.09. The van der Waals surface area contributed by atoms with Gasteiger partial charge in [-0.05, 0) is 27.7 Å². The lowest BCUT2D eigenvalue weighted by atomic mass is 10.2. The van der Waals surface area contributed by atoms with Gasteiger partial charge in [-0.15, -0.1) is 6.58 Å². The third kappa shape index (κ3) is 7.43. The number of carbonyl (C=O) groups excluding carboxylic acids is 2. The lowest BCUT2D eigenvalue weighted by Crippen LogP contribution is -2.39. The maximum atomic E-state index is 13.5. The minimum absolute atomic E-state index is 0.282. The molecule has 0 bridgehead atoms. The summed E-state index contributed by atoms with van der Waals surface area (Å²) in [5.74, 6) is -1.92. The minimum atomic E-state index is -1.63. The number of hydrogen-bond donors (Lipinski definition) is 1. The van der Waals surface area contributed by atoms with Crippen LogP contribution < -0.4 is 5.32 Å². The number of alkyl halides is 1. The van der Waals surface area contributed by atoms with Gasteiger partial charge in [-0.25, -0.2) is 9.18 Å². The van der Waals surface area contributed by atoms with Gasteiger partial charge in [0.25, 0.3) is 6.47 Å². The first-order chi connectivity index (χ1) is 8.68. The highest BCUT2D eigenvalue weighted by molar-refractivity contribution is 5.69. The Kier molecular flexibility index (Phi) is 6.52. The van der Waals surface area contributed by atoms with Gasteiger partial charge in [-0.3, -0.25) is 10.1 Å². The van der Waals surface area contributed by atoms with Crippen LogP contribution in [0, 0.1) is 5.92 Å². The average Bonchev–Trinajstić information content (AvgIpc) is 2.88. The van der Waals surface area contributed by atoms with Crippen molar-refractivity contribution in [2.24, 2.45) is 5.92 Å². The predicted molar refractivity (Wildman–Crippen MR) is 69.2 cm³/mol. The van der Waals surface area contributed by atoms with Crippen molar-refractivity contribution in [1.82, 2.24) is 5.32 Å². The lowest BCUT2D eigenvalue weighted by Gasteiger charge is -2.20. The van der Waals surface area contributed by atoms with Crippen LogP contribution in [0.5, 0.6) is 0 Å². The first-order valence-corrected chi connectivity index (χ1v) is 6.06. The Bertz CT molecular complexity index is 327. The quantitative estimate of drug-likeness (QED) is 0.486. The fourth-order valence-electron chi connectivity index (χ4n) is 1.22. The van der Waals surface area contributed by atoms with E-state index in [0.717, 1.165) is 0 Å². The van der Waals surface area contributed by atoms with E-state index < -0.39 is 17.5 Å². The van der Waals surface area contributed by atoms with Crippen molar-refractivity contribution >= 4 is 12.6 Å². The molecule has 0 aliphatic heterocycles. The van der Waals surface area contributed by atoms with Gasteiger partial charge in [-0.1, -0.05) is 6.08 Å². The van der Waals surface area contributed by atoms with Crippen molar-refractivity contribution in [2.45, 2.75) is 45.5 Å². The molecule has 1 amide bonds. The highest BCUT2D eigenvalue weighted by Gasteiger charge is 2.55. The molecule has 1 aliphatic rings. The number of nitrogens with one attached hydrogen (secondary N) is 1. The van der Waals surface area contributed by atoms with Gasteiger partial charge in [-0.2, -0.15) is 0 Å². The van der Waals surface area contributed by atoms with Gasteiger partial charge in [0.1, 0.15) is 5.60 Å². The normalized spacial score (nSPS) is 24.4. The van der Waals surface area contributed by atoms with Crippen molar-refractivity contribution in [1.29, 1.82) is 0 Å². The van der Waals surface area contributed by atoms with E-state index in [1.807, 2.05) is 0 Å². The van der Waals surface area contributed by atoms with Gasteiger partial charge < -0.3 is 9.47 Å². The molecule has 1 saturated carbocycles. The van der Waals surface area contributed by atoms with E-state index in [2.05, 4.69) is 16.6 Å². The van der Waals surface area contributed by atoms with Crippen LogP contribution in [0.2, 0.25) is 0 Å². The summed E-state index contributed by atoms with van der Waals surface area (Å²) in [5, 5.41) is 2.19. The van der Waals surface area contributed by atoms with Gasteiger partial charge in [0.05, 0.1) is 6.61 Å². The Morgan fingerprint density at radius 1 is 1.58 bits per heavy atom. The summed E-state index contributed by atoms with van der Waals surface area (Å²) in [6.07, 6.45) is 1.07. The van der Waals surface area contributed by atoms with E-state index >= 15 is 0 Å². The SMILES string of the molecule is C=C[C@@H]1C[C@@]1(F)NC(=O)OC(C)(C)C.CCOC=O. The molecule has 110 valence electrons. The van der Waals surface area contributed by atoms with Crippen molar-refractivity contribution < 1.29 is 23.5 Å². The Balaban J connectivity index is 0.000000555. The summed E-state index contributed by atoms with van der Waals surface area (Å²) in [6.45, 7) is 11.3. The van der Waals surface area contributed by atoms with Crippen LogP contribution in [0.1, 0.15) is 34.1 Å². The largest absolute Gasteiger partial charge is 0.468 e. The Hall–Kier alpha value is -1.59. The molecule has 0 aromatic carbocycles. The summed E-state index contributed by atoms with van der Waals surface area (Å²) in [7, 11) is 0. The van der Waals surface area contributed by atoms with Crippen LogP contribution in [-0.4, -0.2) is 30.6 Å².